The maximum Gasteiger partial charge on any atom is 0.229 e. The molecular formula is C18H15ClF2N2O2. The third-order valence-electron chi connectivity index (χ3n) is 4.09. The van der Waals surface area contributed by atoms with E-state index in [0.717, 1.165) is 23.8 Å². The third kappa shape index (κ3) is 3.79. The second-order valence-electron chi connectivity index (χ2n) is 5.99. The molecule has 1 N–H and O–H groups in total. The van der Waals surface area contributed by atoms with Crippen molar-refractivity contribution in [1.29, 1.82) is 0 Å². The van der Waals surface area contributed by atoms with Crippen molar-refractivity contribution in [2.75, 3.05) is 16.8 Å². The molecule has 4 nitrogen and oxygen atoms in total. The summed E-state index contributed by atoms with van der Waals surface area (Å²) in [6.45, 7) is 2.04. The van der Waals surface area contributed by atoms with Gasteiger partial charge >= 0.3 is 0 Å². The predicted octanol–water partition coefficient (Wildman–Crippen LogP) is 3.92. The molecule has 1 atom stereocenters. The number of hydrogen-bond donors (Lipinski definition) is 1. The largest absolute Gasteiger partial charge is 0.326 e. The van der Waals surface area contributed by atoms with E-state index in [-0.39, 0.29) is 24.6 Å². The van der Waals surface area contributed by atoms with E-state index < -0.39 is 23.5 Å². The fourth-order valence-electron chi connectivity index (χ4n) is 2.75. The van der Waals surface area contributed by atoms with Gasteiger partial charge in [-0.15, -0.1) is 0 Å². The number of aryl methyl sites for hydroxylation is 1. The lowest BCUT2D eigenvalue weighted by atomic mass is 10.1. The van der Waals surface area contributed by atoms with Gasteiger partial charge in [-0.1, -0.05) is 17.7 Å². The molecule has 1 aliphatic heterocycles. The number of benzene rings is 2. The molecule has 0 spiro atoms. The lowest BCUT2D eigenvalue weighted by molar-refractivity contribution is -0.122. The zero-order chi connectivity index (χ0) is 18.1. The number of carbonyl (C=O) groups is 2. The molecule has 0 bridgehead atoms. The van der Waals surface area contributed by atoms with E-state index in [1.54, 1.807) is 18.2 Å². The maximum absolute atomic E-state index is 13.2. The molecule has 25 heavy (non-hydrogen) atoms. The lowest BCUT2D eigenvalue weighted by Crippen LogP contribution is -2.28. The number of carbonyl (C=O) groups excluding carboxylic acids is 2. The van der Waals surface area contributed by atoms with Crippen LogP contribution in [0.5, 0.6) is 0 Å². The van der Waals surface area contributed by atoms with Crippen LogP contribution in [-0.2, 0) is 9.59 Å². The molecule has 2 aromatic rings. The maximum atomic E-state index is 13.2. The number of halogens is 3. The molecule has 0 radical (unpaired) electrons. The molecule has 0 aliphatic carbocycles. The molecule has 1 heterocycles. The summed E-state index contributed by atoms with van der Waals surface area (Å²) in [5.41, 5.74) is 1.53. The number of amides is 2. The Morgan fingerprint density at radius 1 is 1.20 bits per heavy atom. The van der Waals surface area contributed by atoms with Crippen molar-refractivity contribution in [2.24, 2.45) is 5.92 Å². The zero-order valence-corrected chi connectivity index (χ0v) is 14.1. The molecule has 1 fully saturated rings. The van der Waals surface area contributed by atoms with Crippen LogP contribution < -0.4 is 10.2 Å². The minimum atomic E-state index is -0.784. The first kappa shape index (κ1) is 17.4. The van der Waals surface area contributed by atoms with Gasteiger partial charge in [0.25, 0.3) is 0 Å². The van der Waals surface area contributed by atoms with Crippen molar-refractivity contribution in [3.63, 3.8) is 0 Å². The molecule has 7 heteroatoms. The van der Waals surface area contributed by atoms with E-state index in [2.05, 4.69) is 5.32 Å². The van der Waals surface area contributed by atoms with Crippen molar-refractivity contribution in [1.82, 2.24) is 0 Å². The van der Waals surface area contributed by atoms with E-state index in [1.165, 1.54) is 4.90 Å². The van der Waals surface area contributed by atoms with Gasteiger partial charge < -0.3 is 10.2 Å². The molecule has 1 aliphatic rings. The molecular weight excluding hydrogens is 350 g/mol. The Morgan fingerprint density at radius 2 is 1.88 bits per heavy atom. The summed E-state index contributed by atoms with van der Waals surface area (Å²) in [5, 5.41) is 2.99. The van der Waals surface area contributed by atoms with Crippen molar-refractivity contribution in [3.05, 3.63) is 58.6 Å². The van der Waals surface area contributed by atoms with Crippen LogP contribution in [-0.4, -0.2) is 18.4 Å². The zero-order valence-electron chi connectivity index (χ0n) is 13.4. The van der Waals surface area contributed by atoms with E-state index in [9.17, 15) is 18.4 Å². The summed E-state index contributed by atoms with van der Waals surface area (Å²) >= 11 is 6.09. The van der Waals surface area contributed by atoms with Gasteiger partial charge in [0.05, 0.1) is 5.92 Å². The summed E-state index contributed by atoms with van der Waals surface area (Å²) in [6.07, 6.45) is 0.0229. The van der Waals surface area contributed by atoms with E-state index in [1.807, 2.05) is 6.92 Å². The highest BCUT2D eigenvalue weighted by molar-refractivity contribution is 6.31. The highest BCUT2D eigenvalue weighted by atomic mass is 35.5. The van der Waals surface area contributed by atoms with Gasteiger partial charge in [-0.05, 0) is 36.8 Å². The summed E-state index contributed by atoms with van der Waals surface area (Å²) in [5.74, 6) is -2.84. The summed E-state index contributed by atoms with van der Waals surface area (Å²) in [4.78, 5) is 26.0. The number of hydrogen-bond acceptors (Lipinski definition) is 2. The first-order valence-electron chi connectivity index (χ1n) is 7.67. The Hall–Kier alpha value is -2.47. The highest BCUT2D eigenvalue weighted by Gasteiger charge is 2.35. The Kier molecular flexibility index (Phi) is 4.72. The van der Waals surface area contributed by atoms with Crippen LogP contribution in [0.25, 0.3) is 0 Å². The average Bonchev–Trinajstić information content (AvgIpc) is 2.91. The topological polar surface area (TPSA) is 49.4 Å². The number of anilines is 2. The van der Waals surface area contributed by atoms with Gasteiger partial charge in [0.2, 0.25) is 11.8 Å². The summed E-state index contributed by atoms with van der Waals surface area (Å²) < 4.78 is 26.4. The molecule has 0 unspecified atom stereocenters. The fourth-order valence-corrected chi connectivity index (χ4v) is 2.93. The Balaban J connectivity index is 1.73. The highest BCUT2D eigenvalue weighted by Crippen LogP contribution is 2.29. The number of rotatable bonds is 3. The molecule has 0 aromatic heterocycles. The first-order chi connectivity index (χ1) is 11.8. The van der Waals surface area contributed by atoms with Gasteiger partial charge in [-0.25, -0.2) is 8.78 Å². The van der Waals surface area contributed by atoms with Crippen LogP contribution in [0.4, 0.5) is 20.2 Å². The summed E-state index contributed by atoms with van der Waals surface area (Å²) in [6, 6.07) is 8.01. The van der Waals surface area contributed by atoms with Gasteiger partial charge in [0, 0.05) is 35.4 Å². The third-order valence-corrected chi connectivity index (χ3v) is 4.50. The van der Waals surface area contributed by atoms with Crippen LogP contribution in [0.1, 0.15) is 12.0 Å². The van der Waals surface area contributed by atoms with Crippen LogP contribution in [0.2, 0.25) is 5.02 Å². The van der Waals surface area contributed by atoms with Crippen molar-refractivity contribution < 1.29 is 18.4 Å². The van der Waals surface area contributed by atoms with Crippen LogP contribution in [0, 0.1) is 24.5 Å². The van der Waals surface area contributed by atoms with Crippen molar-refractivity contribution in [3.8, 4) is 0 Å². The predicted molar refractivity (Wildman–Crippen MR) is 91.6 cm³/mol. The normalized spacial score (nSPS) is 17.0. The van der Waals surface area contributed by atoms with Crippen LogP contribution in [0.3, 0.4) is 0 Å². The monoisotopic (exact) mass is 364 g/mol. The molecule has 2 amide bonds. The minimum absolute atomic E-state index is 0.0202. The SMILES string of the molecule is Cc1ccc(N2C[C@H](C(=O)Nc3cc(F)cc(F)c3)CC2=O)cc1Cl. The molecule has 0 saturated carbocycles. The fraction of sp³-hybridized carbons (Fsp3) is 0.222. The Morgan fingerprint density at radius 3 is 2.52 bits per heavy atom. The minimum Gasteiger partial charge on any atom is -0.326 e. The standard InChI is InChI=1S/C18H15ClF2N2O2/c1-10-2-3-15(8-16(10)19)23-9-11(4-17(23)24)18(25)22-14-6-12(20)5-13(21)7-14/h2-3,5-8,11H,4,9H2,1H3,(H,22,25)/t11-/m1/s1. The van der Waals surface area contributed by atoms with Crippen LogP contribution in [0.15, 0.2) is 36.4 Å². The molecule has 130 valence electrons. The van der Waals surface area contributed by atoms with E-state index in [0.29, 0.717) is 10.7 Å². The van der Waals surface area contributed by atoms with Gasteiger partial charge in [-0.2, -0.15) is 0 Å². The molecule has 3 rings (SSSR count). The van der Waals surface area contributed by atoms with Crippen molar-refractivity contribution in [2.45, 2.75) is 13.3 Å². The Labute approximate surface area is 148 Å². The molecule has 2 aromatic carbocycles. The smallest absolute Gasteiger partial charge is 0.229 e. The number of nitrogens with zero attached hydrogens (tertiary/aromatic N) is 1. The second kappa shape index (κ2) is 6.80. The van der Waals surface area contributed by atoms with E-state index in [4.69, 9.17) is 11.6 Å². The van der Waals surface area contributed by atoms with E-state index >= 15 is 0 Å². The average molecular weight is 365 g/mol. The Bertz CT molecular complexity index is 837. The van der Waals surface area contributed by atoms with Gasteiger partial charge in [-0.3, -0.25) is 9.59 Å². The quantitative estimate of drug-likeness (QED) is 0.897. The first-order valence-corrected chi connectivity index (χ1v) is 8.05. The second-order valence-corrected chi connectivity index (χ2v) is 6.39. The van der Waals surface area contributed by atoms with Crippen LogP contribution >= 0.6 is 11.6 Å². The number of nitrogens with one attached hydrogen (secondary N) is 1. The lowest BCUT2D eigenvalue weighted by Gasteiger charge is -2.17. The van der Waals surface area contributed by atoms with Gasteiger partial charge in [0.15, 0.2) is 0 Å². The van der Waals surface area contributed by atoms with Crippen molar-refractivity contribution >= 4 is 34.8 Å². The summed E-state index contributed by atoms with van der Waals surface area (Å²) in [7, 11) is 0. The van der Waals surface area contributed by atoms with Gasteiger partial charge in [0.1, 0.15) is 11.6 Å². The molecule has 1 saturated heterocycles.